The number of carbonyl (C=O) groups excluding carboxylic acids is 1. The Morgan fingerprint density at radius 1 is 1.14 bits per heavy atom. The van der Waals surface area contributed by atoms with E-state index in [9.17, 15) is 13.2 Å². The molecule has 0 bridgehead atoms. The minimum atomic E-state index is -4.07. The molecule has 10 heteroatoms. The van der Waals surface area contributed by atoms with Gasteiger partial charge in [0, 0.05) is 7.05 Å². The summed E-state index contributed by atoms with van der Waals surface area (Å²) in [7, 11) is -1.04. The van der Waals surface area contributed by atoms with Gasteiger partial charge in [-0.05, 0) is 29.8 Å². The number of ether oxygens (including phenoxy) is 1. The molecule has 0 fully saturated rings. The molecule has 0 aliphatic carbocycles. The standard InChI is InChI=1S/C19H20N4O5S/c1-22-18(17(12-21-22)19(24)28-20)23(13-14-6-4-3-5-7-14)29(25,26)16-10-8-15(27-2)9-11-16/h3-12H,13,20H2,1-2H3. The van der Waals surface area contributed by atoms with E-state index in [0.29, 0.717) is 5.75 Å². The summed E-state index contributed by atoms with van der Waals surface area (Å²) in [6, 6.07) is 15.0. The van der Waals surface area contributed by atoms with Crippen LogP contribution in [-0.4, -0.2) is 31.3 Å². The van der Waals surface area contributed by atoms with Crippen molar-refractivity contribution in [3.63, 3.8) is 0 Å². The Kier molecular flexibility index (Phi) is 5.85. The van der Waals surface area contributed by atoms with Crippen LogP contribution in [0.2, 0.25) is 0 Å². The topological polar surface area (TPSA) is 117 Å². The molecule has 0 saturated heterocycles. The van der Waals surface area contributed by atoms with E-state index in [2.05, 4.69) is 9.94 Å². The van der Waals surface area contributed by atoms with Gasteiger partial charge in [0.2, 0.25) is 0 Å². The smallest absolute Gasteiger partial charge is 0.362 e. The second-order valence-electron chi connectivity index (χ2n) is 6.08. The van der Waals surface area contributed by atoms with Gasteiger partial charge in [0.1, 0.15) is 11.3 Å². The molecule has 2 N–H and O–H groups in total. The van der Waals surface area contributed by atoms with E-state index in [-0.39, 0.29) is 22.8 Å². The third kappa shape index (κ3) is 4.08. The van der Waals surface area contributed by atoms with Crippen LogP contribution in [0.25, 0.3) is 0 Å². The zero-order valence-electron chi connectivity index (χ0n) is 15.8. The van der Waals surface area contributed by atoms with E-state index in [1.807, 2.05) is 6.07 Å². The minimum Gasteiger partial charge on any atom is -0.497 e. The molecule has 1 aromatic heterocycles. The first-order valence-electron chi connectivity index (χ1n) is 8.52. The van der Waals surface area contributed by atoms with Crippen LogP contribution in [0.3, 0.4) is 0 Å². The molecule has 0 amide bonds. The number of benzene rings is 2. The Morgan fingerprint density at radius 2 is 1.79 bits per heavy atom. The quantitative estimate of drug-likeness (QED) is 0.584. The highest BCUT2D eigenvalue weighted by Crippen LogP contribution is 2.30. The summed E-state index contributed by atoms with van der Waals surface area (Å²) in [4.78, 5) is 16.5. The van der Waals surface area contributed by atoms with Gasteiger partial charge in [-0.3, -0.25) is 4.68 Å². The van der Waals surface area contributed by atoms with Gasteiger partial charge >= 0.3 is 5.97 Å². The number of aromatic nitrogens is 2. The number of anilines is 1. The van der Waals surface area contributed by atoms with Crippen LogP contribution in [0, 0.1) is 0 Å². The lowest BCUT2D eigenvalue weighted by Crippen LogP contribution is -2.33. The van der Waals surface area contributed by atoms with Gasteiger partial charge in [-0.25, -0.2) is 17.5 Å². The van der Waals surface area contributed by atoms with Crippen molar-refractivity contribution in [2.24, 2.45) is 12.9 Å². The van der Waals surface area contributed by atoms with Crippen molar-refractivity contribution in [1.29, 1.82) is 0 Å². The summed E-state index contributed by atoms with van der Waals surface area (Å²) in [5.41, 5.74) is 0.654. The summed E-state index contributed by atoms with van der Waals surface area (Å²) < 4.78 is 34.5. The molecule has 2 aromatic carbocycles. The lowest BCUT2D eigenvalue weighted by molar-refractivity contribution is 0.0504. The number of hydrogen-bond acceptors (Lipinski definition) is 7. The largest absolute Gasteiger partial charge is 0.497 e. The summed E-state index contributed by atoms with van der Waals surface area (Å²) in [5, 5.41) is 4.02. The maximum atomic E-state index is 13.5. The Bertz CT molecular complexity index is 1100. The third-order valence-corrected chi connectivity index (χ3v) is 6.04. The van der Waals surface area contributed by atoms with Gasteiger partial charge < -0.3 is 9.57 Å². The second kappa shape index (κ2) is 8.33. The van der Waals surface area contributed by atoms with Crippen molar-refractivity contribution in [3.05, 3.63) is 71.9 Å². The molecule has 152 valence electrons. The van der Waals surface area contributed by atoms with Gasteiger partial charge in [0.25, 0.3) is 10.0 Å². The van der Waals surface area contributed by atoms with Crippen molar-refractivity contribution >= 4 is 21.8 Å². The average molecular weight is 416 g/mol. The highest BCUT2D eigenvalue weighted by Gasteiger charge is 2.32. The first-order chi connectivity index (χ1) is 13.9. The lowest BCUT2D eigenvalue weighted by Gasteiger charge is -2.25. The molecule has 0 spiro atoms. The molecule has 3 aromatic rings. The molecule has 3 rings (SSSR count). The highest BCUT2D eigenvalue weighted by molar-refractivity contribution is 7.92. The maximum Gasteiger partial charge on any atom is 0.362 e. The van der Waals surface area contributed by atoms with Crippen molar-refractivity contribution < 1.29 is 22.8 Å². The SMILES string of the molecule is COc1ccc(S(=O)(=O)N(Cc2ccccc2)c2c(C(=O)ON)cnn2C)cc1. The summed E-state index contributed by atoms with van der Waals surface area (Å²) in [6.07, 6.45) is 1.21. The van der Waals surface area contributed by atoms with Gasteiger partial charge in [0.05, 0.1) is 24.7 Å². The molecule has 0 aliphatic rings. The number of rotatable bonds is 7. The average Bonchev–Trinajstić information content (AvgIpc) is 3.13. The van der Waals surface area contributed by atoms with Crippen LogP contribution < -0.4 is 14.9 Å². The highest BCUT2D eigenvalue weighted by atomic mass is 32.2. The molecular weight excluding hydrogens is 396 g/mol. The Labute approximate surface area is 168 Å². The van der Waals surface area contributed by atoms with E-state index in [4.69, 9.17) is 10.6 Å². The lowest BCUT2D eigenvalue weighted by atomic mass is 10.2. The summed E-state index contributed by atoms with van der Waals surface area (Å²) in [5.74, 6) is 4.69. The predicted molar refractivity (Wildman–Crippen MR) is 106 cm³/mol. The molecule has 0 radical (unpaired) electrons. The van der Waals surface area contributed by atoms with E-state index >= 15 is 0 Å². The van der Waals surface area contributed by atoms with Crippen LogP contribution in [0.1, 0.15) is 15.9 Å². The Morgan fingerprint density at radius 3 is 2.38 bits per heavy atom. The molecule has 29 heavy (non-hydrogen) atoms. The molecular formula is C19H20N4O5S. The Balaban J connectivity index is 2.16. The fraction of sp³-hybridized carbons (Fsp3) is 0.158. The van der Waals surface area contributed by atoms with Gasteiger partial charge in [0.15, 0.2) is 5.82 Å². The number of nitrogens with two attached hydrogens (primary N) is 1. The zero-order valence-corrected chi connectivity index (χ0v) is 16.7. The molecule has 0 atom stereocenters. The minimum absolute atomic E-state index is 0.0282. The number of nitrogens with zero attached hydrogens (tertiary/aromatic N) is 3. The van der Waals surface area contributed by atoms with Crippen LogP contribution in [0.15, 0.2) is 65.7 Å². The monoisotopic (exact) mass is 416 g/mol. The molecule has 0 saturated carbocycles. The zero-order chi connectivity index (χ0) is 21.0. The molecule has 0 unspecified atom stereocenters. The predicted octanol–water partition coefficient (Wildman–Crippen LogP) is 1.85. The third-order valence-electron chi connectivity index (χ3n) is 4.29. The van der Waals surface area contributed by atoms with Gasteiger partial charge in [-0.1, -0.05) is 30.3 Å². The van der Waals surface area contributed by atoms with E-state index in [1.165, 1.54) is 37.2 Å². The molecule has 0 aliphatic heterocycles. The normalized spacial score (nSPS) is 11.1. The van der Waals surface area contributed by atoms with Crippen molar-refractivity contribution in [3.8, 4) is 5.75 Å². The molecule has 1 heterocycles. The maximum absolute atomic E-state index is 13.5. The number of sulfonamides is 1. The Hall–Kier alpha value is -3.37. The van der Waals surface area contributed by atoms with Crippen LogP contribution in [0.4, 0.5) is 5.82 Å². The number of methoxy groups -OCH3 is 1. The summed E-state index contributed by atoms with van der Waals surface area (Å²) in [6.45, 7) is -0.0282. The number of hydrogen-bond donors (Lipinski definition) is 1. The summed E-state index contributed by atoms with van der Waals surface area (Å²) >= 11 is 0. The second-order valence-corrected chi connectivity index (χ2v) is 7.95. The first-order valence-corrected chi connectivity index (χ1v) is 9.96. The van der Waals surface area contributed by atoms with Gasteiger partial charge in [-0.2, -0.15) is 11.0 Å². The van der Waals surface area contributed by atoms with Crippen LogP contribution >= 0.6 is 0 Å². The fourth-order valence-corrected chi connectivity index (χ4v) is 4.33. The van der Waals surface area contributed by atoms with Gasteiger partial charge in [-0.15, -0.1) is 0 Å². The van der Waals surface area contributed by atoms with Crippen LogP contribution in [0.5, 0.6) is 5.75 Å². The van der Waals surface area contributed by atoms with Crippen LogP contribution in [-0.2, 0) is 28.5 Å². The van der Waals surface area contributed by atoms with E-state index in [0.717, 1.165) is 9.87 Å². The number of carbonyl (C=O) groups is 1. The van der Waals surface area contributed by atoms with E-state index < -0.39 is 16.0 Å². The fourth-order valence-electron chi connectivity index (χ4n) is 2.83. The molecule has 9 nitrogen and oxygen atoms in total. The number of aryl methyl sites for hydroxylation is 1. The first kappa shape index (κ1) is 20.4. The van der Waals surface area contributed by atoms with Crippen molar-refractivity contribution in [1.82, 2.24) is 9.78 Å². The van der Waals surface area contributed by atoms with Crippen molar-refractivity contribution in [2.45, 2.75) is 11.4 Å². The van der Waals surface area contributed by atoms with Crippen molar-refractivity contribution in [2.75, 3.05) is 11.4 Å². The van der Waals surface area contributed by atoms with E-state index in [1.54, 1.807) is 36.4 Å².